The van der Waals surface area contributed by atoms with Crippen molar-refractivity contribution in [2.75, 3.05) is 11.1 Å². The van der Waals surface area contributed by atoms with Crippen LogP contribution in [0.15, 0.2) is 40.2 Å². The van der Waals surface area contributed by atoms with E-state index in [4.69, 9.17) is 0 Å². The van der Waals surface area contributed by atoms with Crippen molar-refractivity contribution in [3.63, 3.8) is 0 Å². The van der Waals surface area contributed by atoms with E-state index in [1.807, 2.05) is 31.2 Å². The predicted molar refractivity (Wildman–Crippen MR) is 88.0 cm³/mol. The standard InChI is InChI=1S/C14H14BrNOS2/c1-10-7-11(15)4-5-13(10)16-14(17)9-18-8-12-3-2-6-19-12/h2-7H,8-9H2,1H3,(H,16,17). The van der Waals surface area contributed by atoms with Crippen LogP contribution in [0.1, 0.15) is 10.4 Å². The molecule has 0 unspecified atom stereocenters. The molecule has 1 N–H and O–H groups in total. The van der Waals surface area contributed by atoms with E-state index in [-0.39, 0.29) is 5.91 Å². The molecule has 1 heterocycles. The van der Waals surface area contributed by atoms with Gasteiger partial charge < -0.3 is 5.32 Å². The van der Waals surface area contributed by atoms with E-state index in [0.29, 0.717) is 5.75 Å². The first-order valence-electron chi connectivity index (χ1n) is 5.81. The van der Waals surface area contributed by atoms with Crippen molar-refractivity contribution in [1.82, 2.24) is 0 Å². The minimum Gasteiger partial charge on any atom is -0.325 e. The largest absolute Gasteiger partial charge is 0.325 e. The molecule has 1 aromatic carbocycles. The Labute approximate surface area is 129 Å². The second-order valence-electron chi connectivity index (χ2n) is 4.08. The second-order valence-corrected chi connectivity index (χ2v) is 7.01. The molecule has 0 bridgehead atoms. The molecule has 2 aromatic rings. The van der Waals surface area contributed by atoms with E-state index in [1.165, 1.54) is 4.88 Å². The molecule has 0 aliphatic heterocycles. The second kappa shape index (κ2) is 7.12. The summed E-state index contributed by atoms with van der Waals surface area (Å²) in [7, 11) is 0. The number of thioether (sulfide) groups is 1. The number of hydrogen-bond donors (Lipinski definition) is 1. The molecule has 1 amide bonds. The Morgan fingerprint density at radius 3 is 2.95 bits per heavy atom. The van der Waals surface area contributed by atoms with E-state index in [0.717, 1.165) is 21.5 Å². The van der Waals surface area contributed by atoms with Crippen molar-refractivity contribution in [3.05, 3.63) is 50.6 Å². The van der Waals surface area contributed by atoms with E-state index < -0.39 is 0 Å². The van der Waals surface area contributed by atoms with Gasteiger partial charge in [0, 0.05) is 20.8 Å². The zero-order chi connectivity index (χ0) is 13.7. The SMILES string of the molecule is Cc1cc(Br)ccc1NC(=O)CSCc1cccs1. The van der Waals surface area contributed by atoms with Crippen molar-refractivity contribution in [2.45, 2.75) is 12.7 Å². The normalized spacial score (nSPS) is 10.4. The summed E-state index contributed by atoms with van der Waals surface area (Å²) in [4.78, 5) is 13.1. The van der Waals surface area contributed by atoms with Crippen LogP contribution in [0.25, 0.3) is 0 Å². The van der Waals surface area contributed by atoms with E-state index >= 15 is 0 Å². The molecule has 0 aliphatic rings. The number of aryl methyl sites for hydroxylation is 1. The Morgan fingerprint density at radius 2 is 2.26 bits per heavy atom. The minimum absolute atomic E-state index is 0.0481. The topological polar surface area (TPSA) is 29.1 Å². The highest BCUT2D eigenvalue weighted by Gasteiger charge is 2.05. The number of rotatable bonds is 5. The number of amides is 1. The van der Waals surface area contributed by atoms with Crippen LogP contribution in [0, 0.1) is 6.92 Å². The first kappa shape index (κ1) is 14.6. The zero-order valence-corrected chi connectivity index (χ0v) is 13.7. The molecule has 2 rings (SSSR count). The molecular formula is C14H14BrNOS2. The Bertz CT molecular complexity index is 555. The van der Waals surface area contributed by atoms with Crippen molar-refractivity contribution in [2.24, 2.45) is 0 Å². The van der Waals surface area contributed by atoms with Gasteiger partial charge in [0.05, 0.1) is 5.75 Å². The van der Waals surface area contributed by atoms with E-state index in [1.54, 1.807) is 23.1 Å². The first-order valence-corrected chi connectivity index (χ1v) is 8.64. The average Bonchev–Trinajstić information content (AvgIpc) is 2.86. The van der Waals surface area contributed by atoms with Gasteiger partial charge in [-0.05, 0) is 42.1 Å². The lowest BCUT2D eigenvalue weighted by atomic mass is 10.2. The summed E-state index contributed by atoms with van der Waals surface area (Å²) in [6.07, 6.45) is 0. The summed E-state index contributed by atoms with van der Waals surface area (Å²) in [5.74, 6) is 1.42. The summed E-state index contributed by atoms with van der Waals surface area (Å²) in [5, 5.41) is 5.00. The van der Waals surface area contributed by atoms with Crippen LogP contribution in [-0.4, -0.2) is 11.7 Å². The van der Waals surface area contributed by atoms with Gasteiger partial charge in [0.2, 0.25) is 5.91 Å². The molecule has 2 nitrogen and oxygen atoms in total. The molecule has 0 saturated heterocycles. The molecule has 5 heteroatoms. The number of carbonyl (C=O) groups excluding carboxylic acids is 1. The Hall–Kier alpha value is -0.780. The van der Waals surface area contributed by atoms with E-state index in [9.17, 15) is 4.79 Å². The highest BCUT2D eigenvalue weighted by Crippen LogP contribution is 2.21. The fraction of sp³-hybridized carbons (Fsp3) is 0.214. The molecule has 0 aliphatic carbocycles. The summed E-state index contributed by atoms with van der Waals surface area (Å²) in [5.41, 5.74) is 1.94. The molecule has 19 heavy (non-hydrogen) atoms. The monoisotopic (exact) mass is 355 g/mol. The van der Waals surface area contributed by atoms with Crippen LogP contribution in [0.5, 0.6) is 0 Å². The molecule has 1 aromatic heterocycles. The number of halogens is 1. The van der Waals surface area contributed by atoms with Crippen molar-refractivity contribution in [1.29, 1.82) is 0 Å². The first-order chi connectivity index (χ1) is 9.15. The summed E-state index contributed by atoms with van der Waals surface area (Å²) >= 11 is 6.77. The van der Waals surface area contributed by atoms with Crippen molar-refractivity contribution >= 4 is 50.6 Å². The molecule has 0 atom stereocenters. The van der Waals surface area contributed by atoms with Crippen LogP contribution < -0.4 is 5.32 Å². The zero-order valence-electron chi connectivity index (χ0n) is 10.5. The number of anilines is 1. The van der Waals surface area contributed by atoms with Gasteiger partial charge >= 0.3 is 0 Å². The van der Waals surface area contributed by atoms with Crippen LogP contribution in [-0.2, 0) is 10.5 Å². The summed E-state index contributed by atoms with van der Waals surface area (Å²) in [6.45, 7) is 1.99. The quantitative estimate of drug-likeness (QED) is 0.842. The maximum Gasteiger partial charge on any atom is 0.234 e. The summed E-state index contributed by atoms with van der Waals surface area (Å²) in [6, 6.07) is 9.97. The van der Waals surface area contributed by atoms with Gasteiger partial charge in [-0.25, -0.2) is 0 Å². The van der Waals surface area contributed by atoms with Crippen LogP contribution in [0.2, 0.25) is 0 Å². The number of thiophene rings is 1. The highest BCUT2D eigenvalue weighted by molar-refractivity contribution is 9.10. The lowest BCUT2D eigenvalue weighted by molar-refractivity contribution is -0.113. The van der Waals surface area contributed by atoms with Crippen LogP contribution in [0.3, 0.4) is 0 Å². The van der Waals surface area contributed by atoms with Gasteiger partial charge in [-0.1, -0.05) is 22.0 Å². The smallest absolute Gasteiger partial charge is 0.234 e. The van der Waals surface area contributed by atoms with Crippen LogP contribution in [0.4, 0.5) is 5.69 Å². The maximum atomic E-state index is 11.8. The summed E-state index contributed by atoms with van der Waals surface area (Å²) < 4.78 is 1.02. The Balaban J connectivity index is 1.80. The maximum absolute atomic E-state index is 11.8. The van der Waals surface area contributed by atoms with Crippen molar-refractivity contribution in [3.8, 4) is 0 Å². The van der Waals surface area contributed by atoms with Crippen LogP contribution >= 0.6 is 39.0 Å². The highest BCUT2D eigenvalue weighted by atomic mass is 79.9. The minimum atomic E-state index is 0.0481. The number of hydrogen-bond acceptors (Lipinski definition) is 3. The van der Waals surface area contributed by atoms with Gasteiger partial charge in [-0.3, -0.25) is 4.79 Å². The van der Waals surface area contributed by atoms with Gasteiger partial charge in [0.25, 0.3) is 0 Å². The Morgan fingerprint density at radius 1 is 1.42 bits per heavy atom. The third-order valence-electron chi connectivity index (χ3n) is 2.52. The average molecular weight is 356 g/mol. The molecular weight excluding hydrogens is 342 g/mol. The fourth-order valence-electron chi connectivity index (χ4n) is 1.59. The molecule has 0 spiro atoms. The third-order valence-corrected chi connectivity index (χ3v) is 5.05. The molecule has 0 fully saturated rings. The van der Waals surface area contributed by atoms with Gasteiger partial charge in [0.15, 0.2) is 0 Å². The lowest BCUT2D eigenvalue weighted by Crippen LogP contribution is -2.14. The van der Waals surface area contributed by atoms with Crippen molar-refractivity contribution < 1.29 is 4.79 Å². The number of nitrogens with one attached hydrogen (secondary N) is 1. The van der Waals surface area contributed by atoms with Gasteiger partial charge in [-0.2, -0.15) is 0 Å². The Kier molecular flexibility index (Phi) is 5.48. The molecule has 0 radical (unpaired) electrons. The predicted octanol–water partition coefficient (Wildman–Crippen LogP) is 4.69. The van der Waals surface area contributed by atoms with Gasteiger partial charge in [0.1, 0.15) is 0 Å². The molecule has 100 valence electrons. The number of carbonyl (C=O) groups is 1. The molecule has 0 saturated carbocycles. The lowest BCUT2D eigenvalue weighted by Gasteiger charge is -2.08. The third kappa shape index (κ3) is 4.67. The van der Waals surface area contributed by atoms with E-state index in [2.05, 4.69) is 32.7 Å². The van der Waals surface area contributed by atoms with Gasteiger partial charge in [-0.15, -0.1) is 23.1 Å². The number of benzene rings is 1. The fourth-order valence-corrected chi connectivity index (χ4v) is 3.74.